The van der Waals surface area contributed by atoms with Crippen LogP contribution in [-0.2, 0) is 16.1 Å². The first-order valence-electron chi connectivity index (χ1n) is 6.51. The molecule has 0 aliphatic carbocycles. The zero-order valence-corrected chi connectivity index (χ0v) is 13.3. The number of rotatable bonds is 4. The van der Waals surface area contributed by atoms with Gasteiger partial charge in [0.25, 0.3) is 0 Å². The number of hydrogen-bond donors (Lipinski definition) is 2. The Kier molecular flexibility index (Phi) is 6.08. The molecule has 23 heavy (non-hydrogen) atoms. The normalized spacial score (nSPS) is 10.5. The minimum Gasteiger partial charge on any atom is -0.344 e. The summed E-state index contributed by atoms with van der Waals surface area (Å²) >= 11 is 11.7. The van der Waals surface area contributed by atoms with E-state index < -0.39 is 11.8 Å². The molecule has 2 N–H and O–H groups in total. The van der Waals surface area contributed by atoms with Crippen LogP contribution >= 0.6 is 23.2 Å². The van der Waals surface area contributed by atoms with Crippen molar-refractivity contribution in [2.24, 2.45) is 5.10 Å². The number of benzene rings is 1. The molecule has 0 aliphatic rings. The third-order valence-corrected chi connectivity index (χ3v) is 3.30. The standard InChI is InChI=1S/C15H12Cl2N4O2/c16-12-2-1-11(13(17)7-12)9-20-21-15(23)14(22)19-8-10-3-5-18-6-4-10/h1-7,9H,8H2,(H,19,22)(H,21,23)/b20-9-. The maximum Gasteiger partial charge on any atom is 0.329 e. The molecule has 1 aromatic heterocycles. The molecular weight excluding hydrogens is 339 g/mol. The quantitative estimate of drug-likeness (QED) is 0.503. The summed E-state index contributed by atoms with van der Waals surface area (Å²) in [6, 6.07) is 8.30. The molecule has 2 aromatic rings. The fraction of sp³-hybridized carbons (Fsp3) is 0.0667. The van der Waals surface area contributed by atoms with E-state index in [1.165, 1.54) is 6.21 Å². The second-order valence-electron chi connectivity index (χ2n) is 4.40. The van der Waals surface area contributed by atoms with E-state index in [-0.39, 0.29) is 6.54 Å². The highest BCUT2D eigenvalue weighted by atomic mass is 35.5. The fourth-order valence-corrected chi connectivity index (χ4v) is 2.04. The fourth-order valence-electron chi connectivity index (χ4n) is 1.58. The number of nitrogens with one attached hydrogen (secondary N) is 2. The first-order valence-corrected chi connectivity index (χ1v) is 7.27. The molecule has 0 fully saturated rings. The van der Waals surface area contributed by atoms with Gasteiger partial charge in [-0.25, -0.2) is 5.43 Å². The Balaban J connectivity index is 1.84. The van der Waals surface area contributed by atoms with Crippen LogP contribution in [0.5, 0.6) is 0 Å². The van der Waals surface area contributed by atoms with Gasteiger partial charge in [-0.2, -0.15) is 5.10 Å². The Morgan fingerprint density at radius 1 is 1.13 bits per heavy atom. The lowest BCUT2D eigenvalue weighted by atomic mass is 10.2. The van der Waals surface area contributed by atoms with E-state index in [0.29, 0.717) is 15.6 Å². The molecule has 0 bridgehead atoms. The van der Waals surface area contributed by atoms with Crippen molar-refractivity contribution in [1.82, 2.24) is 15.7 Å². The highest BCUT2D eigenvalue weighted by molar-refractivity contribution is 6.36. The Morgan fingerprint density at radius 2 is 1.87 bits per heavy atom. The van der Waals surface area contributed by atoms with Crippen molar-refractivity contribution in [3.63, 3.8) is 0 Å². The molecule has 0 saturated heterocycles. The second-order valence-corrected chi connectivity index (χ2v) is 5.25. The minimum absolute atomic E-state index is 0.224. The third-order valence-electron chi connectivity index (χ3n) is 2.74. The van der Waals surface area contributed by atoms with Gasteiger partial charge < -0.3 is 5.32 Å². The number of nitrogens with zero attached hydrogens (tertiary/aromatic N) is 2. The summed E-state index contributed by atoms with van der Waals surface area (Å²) < 4.78 is 0. The zero-order chi connectivity index (χ0) is 16.7. The van der Waals surface area contributed by atoms with Crippen LogP contribution < -0.4 is 10.7 Å². The van der Waals surface area contributed by atoms with Crippen LogP contribution in [-0.4, -0.2) is 23.0 Å². The lowest BCUT2D eigenvalue weighted by molar-refractivity contribution is -0.139. The second kappa shape index (κ2) is 8.26. The SMILES string of the molecule is O=C(NCc1ccncc1)C(=O)N/N=C\c1ccc(Cl)cc1Cl. The predicted molar refractivity (Wildman–Crippen MR) is 88.3 cm³/mol. The molecule has 0 radical (unpaired) electrons. The van der Waals surface area contributed by atoms with Crippen molar-refractivity contribution in [2.75, 3.05) is 0 Å². The topological polar surface area (TPSA) is 83.5 Å². The van der Waals surface area contributed by atoms with Crippen molar-refractivity contribution in [3.05, 3.63) is 63.9 Å². The van der Waals surface area contributed by atoms with E-state index in [1.807, 2.05) is 0 Å². The van der Waals surface area contributed by atoms with E-state index >= 15 is 0 Å². The molecule has 6 nitrogen and oxygen atoms in total. The summed E-state index contributed by atoms with van der Waals surface area (Å²) in [7, 11) is 0. The first-order chi connectivity index (χ1) is 11.1. The Labute approximate surface area is 142 Å². The van der Waals surface area contributed by atoms with Crippen molar-refractivity contribution in [1.29, 1.82) is 0 Å². The van der Waals surface area contributed by atoms with Gasteiger partial charge in [0.15, 0.2) is 0 Å². The van der Waals surface area contributed by atoms with E-state index in [2.05, 4.69) is 20.8 Å². The number of amides is 2. The molecule has 2 rings (SSSR count). The van der Waals surface area contributed by atoms with Crippen LogP contribution in [0.2, 0.25) is 10.0 Å². The maximum absolute atomic E-state index is 11.6. The van der Waals surface area contributed by atoms with Gasteiger partial charge in [0.05, 0.1) is 11.2 Å². The molecule has 0 unspecified atom stereocenters. The summed E-state index contributed by atoms with van der Waals surface area (Å²) in [4.78, 5) is 27.1. The lowest BCUT2D eigenvalue weighted by Gasteiger charge is -2.03. The molecule has 0 atom stereocenters. The number of halogens is 2. The number of hydrazone groups is 1. The average molecular weight is 351 g/mol. The lowest BCUT2D eigenvalue weighted by Crippen LogP contribution is -2.37. The summed E-state index contributed by atoms with van der Waals surface area (Å²) in [5.41, 5.74) is 3.52. The van der Waals surface area contributed by atoms with E-state index in [0.717, 1.165) is 5.56 Å². The molecule has 2 amide bonds. The van der Waals surface area contributed by atoms with E-state index in [4.69, 9.17) is 23.2 Å². The summed E-state index contributed by atoms with van der Waals surface area (Å²) in [6.45, 7) is 0.224. The van der Waals surface area contributed by atoms with Crippen molar-refractivity contribution < 1.29 is 9.59 Å². The number of aromatic nitrogens is 1. The number of carbonyl (C=O) groups excluding carboxylic acids is 2. The van der Waals surface area contributed by atoms with Gasteiger partial charge in [-0.1, -0.05) is 29.3 Å². The van der Waals surface area contributed by atoms with Crippen molar-refractivity contribution >= 4 is 41.2 Å². The van der Waals surface area contributed by atoms with Crippen molar-refractivity contribution in [3.8, 4) is 0 Å². The number of pyridine rings is 1. The Hall–Kier alpha value is -2.44. The van der Waals surface area contributed by atoms with Crippen LogP contribution in [0.15, 0.2) is 47.8 Å². The van der Waals surface area contributed by atoms with Crippen LogP contribution in [0.3, 0.4) is 0 Å². The Bertz CT molecular complexity index is 736. The minimum atomic E-state index is -0.875. The largest absolute Gasteiger partial charge is 0.344 e. The maximum atomic E-state index is 11.6. The van der Waals surface area contributed by atoms with Gasteiger partial charge in [0.2, 0.25) is 0 Å². The van der Waals surface area contributed by atoms with E-state index in [1.54, 1.807) is 42.7 Å². The number of carbonyl (C=O) groups is 2. The number of hydrogen-bond acceptors (Lipinski definition) is 4. The van der Waals surface area contributed by atoms with Crippen LogP contribution in [0.4, 0.5) is 0 Å². The van der Waals surface area contributed by atoms with Gasteiger partial charge >= 0.3 is 11.8 Å². The molecule has 8 heteroatoms. The third kappa shape index (κ3) is 5.36. The molecule has 0 saturated carbocycles. The van der Waals surface area contributed by atoms with E-state index in [9.17, 15) is 9.59 Å². The van der Waals surface area contributed by atoms with Crippen LogP contribution in [0, 0.1) is 0 Å². The highest BCUT2D eigenvalue weighted by Gasteiger charge is 2.11. The van der Waals surface area contributed by atoms with Crippen LogP contribution in [0.1, 0.15) is 11.1 Å². The summed E-state index contributed by atoms with van der Waals surface area (Å²) in [5.74, 6) is -1.67. The average Bonchev–Trinajstić information content (AvgIpc) is 2.55. The van der Waals surface area contributed by atoms with Gasteiger partial charge in [-0.3, -0.25) is 14.6 Å². The Morgan fingerprint density at radius 3 is 2.57 bits per heavy atom. The molecular formula is C15H12Cl2N4O2. The molecule has 1 aromatic carbocycles. The van der Waals surface area contributed by atoms with Gasteiger partial charge in [0.1, 0.15) is 0 Å². The van der Waals surface area contributed by atoms with Gasteiger partial charge in [-0.05, 0) is 29.8 Å². The predicted octanol–water partition coefficient (Wildman–Crippen LogP) is 2.15. The van der Waals surface area contributed by atoms with Crippen molar-refractivity contribution in [2.45, 2.75) is 6.54 Å². The van der Waals surface area contributed by atoms with Crippen LogP contribution in [0.25, 0.3) is 0 Å². The first kappa shape index (κ1) is 16.9. The molecule has 0 aliphatic heterocycles. The summed E-state index contributed by atoms with van der Waals surface area (Å²) in [6.07, 6.45) is 4.52. The smallest absolute Gasteiger partial charge is 0.329 e. The van der Waals surface area contributed by atoms with Gasteiger partial charge in [-0.15, -0.1) is 0 Å². The highest BCUT2D eigenvalue weighted by Crippen LogP contribution is 2.19. The van der Waals surface area contributed by atoms with Gasteiger partial charge in [0, 0.05) is 29.5 Å². The monoisotopic (exact) mass is 350 g/mol. The molecule has 118 valence electrons. The molecule has 1 heterocycles. The molecule has 0 spiro atoms. The zero-order valence-electron chi connectivity index (χ0n) is 11.8. The summed E-state index contributed by atoms with van der Waals surface area (Å²) in [5, 5.41) is 7.03.